The number of hydrogen-bond donors (Lipinski definition) is 3. The highest BCUT2D eigenvalue weighted by Gasteiger charge is 2.14. The third kappa shape index (κ3) is 4.52. The summed E-state index contributed by atoms with van der Waals surface area (Å²) in [4.78, 5) is 11.7. The molecule has 0 bridgehead atoms. The Bertz CT molecular complexity index is 441. The minimum absolute atomic E-state index is 0.210. The van der Waals surface area contributed by atoms with Crippen LogP contribution in [-0.2, 0) is 26.4 Å². The Morgan fingerprint density at radius 3 is 2.60 bits per heavy atom. The van der Waals surface area contributed by atoms with Crippen LogP contribution in [-0.4, -0.2) is 33.6 Å². The Morgan fingerprint density at radius 1 is 1.35 bits per heavy atom. The first-order chi connectivity index (χ1) is 9.49. The van der Waals surface area contributed by atoms with Crippen molar-refractivity contribution in [3.05, 3.63) is 17.0 Å². The number of amides is 2. The lowest BCUT2D eigenvalue weighted by Gasteiger charge is -2.10. The van der Waals surface area contributed by atoms with Gasteiger partial charge in [-0.1, -0.05) is 13.8 Å². The van der Waals surface area contributed by atoms with Gasteiger partial charge in [0.2, 0.25) is 0 Å². The van der Waals surface area contributed by atoms with Crippen LogP contribution in [0.2, 0.25) is 0 Å². The Balaban J connectivity index is 2.54. The number of rotatable bonds is 7. The zero-order valence-electron chi connectivity index (χ0n) is 12.9. The van der Waals surface area contributed by atoms with E-state index in [1.165, 1.54) is 0 Å². The summed E-state index contributed by atoms with van der Waals surface area (Å²) in [5.74, 6) is 0. The van der Waals surface area contributed by atoms with Crippen LogP contribution in [0.3, 0.4) is 0 Å². The molecular weight excluding hydrogens is 256 g/mol. The molecule has 0 aliphatic rings. The monoisotopic (exact) mass is 282 g/mol. The number of aryl methyl sites for hydroxylation is 2. The smallest absolute Gasteiger partial charge is 0.315 e. The van der Waals surface area contributed by atoms with E-state index >= 15 is 0 Å². The highest BCUT2D eigenvalue weighted by Crippen LogP contribution is 2.14. The molecule has 6 heteroatoms. The molecule has 0 aliphatic carbocycles. The molecular formula is C14H26N4O2. The molecule has 6 nitrogen and oxygen atoms in total. The van der Waals surface area contributed by atoms with Crippen molar-refractivity contribution in [3.63, 3.8) is 0 Å². The SMILES string of the molecule is CCc1nn(C)c(CC)c1CNC(=O)NCCC(C)O. The first-order valence-electron chi connectivity index (χ1n) is 7.22. The van der Waals surface area contributed by atoms with Gasteiger partial charge < -0.3 is 15.7 Å². The zero-order chi connectivity index (χ0) is 15.1. The summed E-state index contributed by atoms with van der Waals surface area (Å²) < 4.78 is 1.89. The predicted molar refractivity (Wildman–Crippen MR) is 78.5 cm³/mol. The van der Waals surface area contributed by atoms with Gasteiger partial charge in [-0.15, -0.1) is 0 Å². The molecule has 0 spiro atoms. The van der Waals surface area contributed by atoms with Crippen LogP contribution in [0.1, 0.15) is 44.1 Å². The Kier molecular flexibility index (Phi) is 6.51. The van der Waals surface area contributed by atoms with E-state index in [-0.39, 0.29) is 6.03 Å². The van der Waals surface area contributed by atoms with Crippen LogP contribution in [0.15, 0.2) is 0 Å². The molecule has 0 aromatic carbocycles. The van der Waals surface area contributed by atoms with Crippen LogP contribution >= 0.6 is 0 Å². The largest absolute Gasteiger partial charge is 0.393 e. The molecule has 2 amide bonds. The van der Waals surface area contributed by atoms with Crippen molar-refractivity contribution in [1.29, 1.82) is 0 Å². The zero-order valence-corrected chi connectivity index (χ0v) is 12.9. The van der Waals surface area contributed by atoms with Crippen molar-refractivity contribution in [2.45, 2.75) is 52.7 Å². The molecule has 114 valence electrons. The number of aliphatic hydroxyl groups is 1. The van der Waals surface area contributed by atoms with E-state index in [1.807, 2.05) is 11.7 Å². The van der Waals surface area contributed by atoms with Crippen LogP contribution < -0.4 is 10.6 Å². The van der Waals surface area contributed by atoms with E-state index in [0.29, 0.717) is 19.5 Å². The summed E-state index contributed by atoms with van der Waals surface area (Å²) in [6, 6.07) is -0.210. The van der Waals surface area contributed by atoms with Crippen LogP contribution in [0.25, 0.3) is 0 Å². The quantitative estimate of drug-likeness (QED) is 0.701. The minimum Gasteiger partial charge on any atom is -0.393 e. The first kappa shape index (κ1) is 16.5. The van der Waals surface area contributed by atoms with E-state index < -0.39 is 6.10 Å². The highest BCUT2D eigenvalue weighted by atomic mass is 16.3. The second kappa shape index (κ2) is 7.89. The second-order valence-corrected chi connectivity index (χ2v) is 4.95. The molecule has 3 N–H and O–H groups in total. The normalized spacial score (nSPS) is 12.2. The van der Waals surface area contributed by atoms with Gasteiger partial charge in [-0.3, -0.25) is 4.68 Å². The molecule has 0 radical (unpaired) electrons. The lowest BCUT2D eigenvalue weighted by Crippen LogP contribution is -2.36. The van der Waals surface area contributed by atoms with Gasteiger partial charge in [-0.2, -0.15) is 5.10 Å². The van der Waals surface area contributed by atoms with Crippen molar-refractivity contribution in [2.24, 2.45) is 7.05 Å². The fourth-order valence-corrected chi connectivity index (χ4v) is 2.22. The minimum atomic E-state index is -0.396. The second-order valence-electron chi connectivity index (χ2n) is 4.95. The van der Waals surface area contributed by atoms with E-state index in [9.17, 15) is 4.79 Å². The number of aliphatic hydroxyl groups excluding tert-OH is 1. The number of carbonyl (C=O) groups excluding carboxylic acids is 1. The van der Waals surface area contributed by atoms with Crippen molar-refractivity contribution >= 4 is 6.03 Å². The van der Waals surface area contributed by atoms with Crippen LogP contribution in [0.4, 0.5) is 4.79 Å². The lowest BCUT2D eigenvalue weighted by atomic mass is 10.1. The first-order valence-corrected chi connectivity index (χ1v) is 7.22. The summed E-state index contributed by atoms with van der Waals surface area (Å²) in [6.07, 6.45) is 1.91. The summed E-state index contributed by atoms with van der Waals surface area (Å²) in [5, 5.41) is 19.2. The van der Waals surface area contributed by atoms with Gasteiger partial charge in [0.25, 0.3) is 0 Å². The molecule has 1 aromatic rings. The van der Waals surface area contributed by atoms with Crippen molar-refractivity contribution in [1.82, 2.24) is 20.4 Å². The maximum atomic E-state index is 11.7. The maximum Gasteiger partial charge on any atom is 0.315 e. The number of aromatic nitrogens is 2. The average Bonchev–Trinajstić information content (AvgIpc) is 2.71. The molecule has 0 fully saturated rings. The maximum absolute atomic E-state index is 11.7. The van der Waals surface area contributed by atoms with Crippen molar-refractivity contribution in [3.8, 4) is 0 Å². The third-order valence-electron chi connectivity index (χ3n) is 3.30. The number of hydrogen-bond acceptors (Lipinski definition) is 3. The van der Waals surface area contributed by atoms with E-state index in [0.717, 1.165) is 29.8 Å². The molecule has 0 saturated heterocycles. The summed E-state index contributed by atoms with van der Waals surface area (Å²) in [5.41, 5.74) is 3.31. The van der Waals surface area contributed by atoms with E-state index in [2.05, 4.69) is 29.6 Å². The number of carbonyl (C=O) groups is 1. The Hall–Kier alpha value is -1.56. The van der Waals surface area contributed by atoms with Crippen LogP contribution in [0, 0.1) is 0 Å². The fraction of sp³-hybridized carbons (Fsp3) is 0.714. The van der Waals surface area contributed by atoms with Gasteiger partial charge in [0.05, 0.1) is 11.8 Å². The molecule has 1 aromatic heterocycles. The Labute approximate surface area is 120 Å². The highest BCUT2D eigenvalue weighted by molar-refractivity contribution is 5.73. The van der Waals surface area contributed by atoms with Gasteiger partial charge in [-0.25, -0.2) is 4.79 Å². The Morgan fingerprint density at radius 2 is 2.05 bits per heavy atom. The molecule has 1 heterocycles. The predicted octanol–water partition coefficient (Wildman–Crippen LogP) is 1.11. The van der Waals surface area contributed by atoms with Crippen molar-refractivity contribution in [2.75, 3.05) is 6.54 Å². The molecule has 0 aliphatic heterocycles. The summed E-state index contributed by atoms with van der Waals surface area (Å²) in [7, 11) is 1.93. The topological polar surface area (TPSA) is 79.2 Å². The average molecular weight is 282 g/mol. The fourth-order valence-electron chi connectivity index (χ4n) is 2.22. The summed E-state index contributed by atoms with van der Waals surface area (Å²) in [6.45, 7) is 6.81. The number of nitrogens with one attached hydrogen (secondary N) is 2. The molecule has 1 unspecified atom stereocenters. The van der Waals surface area contributed by atoms with Gasteiger partial charge in [0, 0.05) is 31.4 Å². The number of nitrogens with zero attached hydrogens (tertiary/aromatic N) is 2. The van der Waals surface area contributed by atoms with Gasteiger partial charge in [0.1, 0.15) is 0 Å². The number of urea groups is 1. The molecule has 20 heavy (non-hydrogen) atoms. The van der Waals surface area contributed by atoms with E-state index in [4.69, 9.17) is 5.11 Å². The molecule has 0 saturated carbocycles. The third-order valence-corrected chi connectivity index (χ3v) is 3.30. The van der Waals surface area contributed by atoms with Gasteiger partial charge in [0.15, 0.2) is 0 Å². The summed E-state index contributed by atoms with van der Waals surface area (Å²) >= 11 is 0. The lowest BCUT2D eigenvalue weighted by molar-refractivity contribution is 0.183. The van der Waals surface area contributed by atoms with Crippen LogP contribution in [0.5, 0.6) is 0 Å². The van der Waals surface area contributed by atoms with Gasteiger partial charge >= 0.3 is 6.03 Å². The van der Waals surface area contributed by atoms with Crippen molar-refractivity contribution < 1.29 is 9.90 Å². The molecule has 1 atom stereocenters. The van der Waals surface area contributed by atoms with E-state index in [1.54, 1.807) is 6.92 Å². The van der Waals surface area contributed by atoms with Gasteiger partial charge in [-0.05, 0) is 26.2 Å². The standard InChI is InChI=1S/C14H26N4O2/c1-5-12-11(13(6-2)18(4)17-12)9-16-14(20)15-8-7-10(3)19/h10,19H,5-9H2,1-4H3,(H2,15,16,20). The molecule has 1 rings (SSSR count).